The van der Waals surface area contributed by atoms with E-state index < -0.39 is 11.0 Å². The monoisotopic (exact) mass is 468 g/mol. The SMILES string of the molecule is CNC(=O)c1c(-c2ccc(C)cc2)oc2nc(N(CCCCCN)S(C)=O)c(C3CC3)cc12. The number of anilines is 1. The number of aryl methyl sites for hydroxylation is 1. The molecule has 1 amide bonds. The average Bonchev–Trinajstić information content (AvgIpc) is 3.58. The van der Waals surface area contributed by atoms with Crippen LogP contribution in [0.5, 0.6) is 0 Å². The van der Waals surface area contributed by atoms with E-state index in [1.807, 2.05) is 41.6 Å². The maximum absolute atomic E-state index is 12.9. The van der Waals surface area contributed by atoms with Crippen LogP contribution in [0, 0.1) is 6.92 Å². The Morgan fingerprint density at radius 1 is 1.24 bits per heavy atom. The topological polar surface area (TPSA) is 101 Å². The number of fused-ring (bicyclic) bond motifs is 1. The number of pyridine rings is 1. The van der Waals surface area contributed by atoms with Crippen LogP contribution in [0.15, 0.2) is 34.7 Å². The summed E-state index contributed by atoms with van der Waals surface area (Å²) in [7, 11) is 0.387. The molecule has 0 bridgehead atoms. The summed E-state index contributed by atoms with van der Waals surface area (Å²) in [6.45, 7) is 3.31. The minimum atomic E-state index is -1.23. The standard InChI is InChI=1S/C25H32N4O3S/c1-16-7-9-18(10-8-16)22-21(24(30)27-2)20-15-19(17-11-12-17)23(28-25(20)32-22)29(33(3)31)14-6-4-5-13-26/h7-10,15,17H,4-6,11-14,26H2,1-3H3,(H,27,30). The van der Waals surface area contributed by atoms with Gasteiger partial charge in [-0.15, -0.1) is 0 Å². The minimum Gasteiger partial charge on any atom is -0.437 e. The smallest absolute Gasteiger partial charge is 0.255 e. The number of furan rings is 1. The Morgan fingerprint density at radius 3 is 2.58 bits per heavy atom. The summed E-state index contributed by atoms with van der Waals surface area (Å²) < 4.78 is 20.8. The fourth-order valence-electron chi connectivity index (χ4n) is 4.12. The average molecular weight is 469 g/mol. The van der Waals surface area contributed by atoms with Gasteiger partial charge in [0.25, 0.3) is 5.91 Å². The zero-order chi connectivity index (χ0) is 23.5. The van der Waals surface area contributed by atoms with E-state index in [0.29, 0.717) is 47.2 Å². The van der Waals surface area contributed by atoms with E-state index in [1.165, 1.54) is 0 Å². The predicted octanol–water partition coefficient (Wildman–Crippen LogP) is 4.27. The molecule has 3 N–H and O–H groups in total. The second-order valence-corrected chi connectivity index (χ2v) is 9.94. The number of aromatic nitrogens is 1. The van der Waals surface area contributed by atoms with Gasteiger partial charge in [0.15, 0.2) is 0 Å². The van der Waals surface area contributed by atoms with Crippen LogP contribution in [0.25, 0.3) is 22.4 Å². The van der Waals surface area contributed by atoms with Crippen LogP contribution in [0.1, 0.15) is 59.5 Å². The summed E-state index contributed by atoms with van der Waals surface area (Å²) in [5.41, 5.74) is 9.50. The van der Waals surface area contributed by atoms with Crippen LogP contribution in [-0.2, 0) is 11.0 Å². The van der Waals surface area contributed by atoms with Crippen molar-refractivity contribution in [3.8, 4) is 11.3 Å². The summed E-state index contributed by atoms with van der Waals surface area (Å²) in [5.74, 6) is 1.36. The Kier molecular flexibility index (Phi) is 7.14. The van der Waals surface area contributed by atoms with Crippen molar-refractivity contribution in [1.82, 2.24) is 10.3 Å². The lowest BCUT2D eigenvalue weighted by molar-refractivity contribution is 0.0964. The molecule has 0 saturated heterocycles. The molecular weight excluding hydrogens is 436 g/mol. The van der Waals surface area contributed by atoms with E-state index in [0.717, 1.165) is 48.8 Å². The van der Waals surface area contributed by atoms with Crippen molar-refractivity contribution in [2.45, 2.75) is 44.9 Å². The zero-order valence-corrected chi connectivity index (χ0v) is 20.3. The highest BCUT2D eigenvalue weighted by Crippen LogP contribution is 2.46. The van der Waals surface area contributed by atoms with Gasteiger partial charge >= 0.3 is 0 Å². The molecule has 3 aromatic rings. The lowest BCUT2D eigenvalue weighted by Crippen LogP contribution is -2.28. The van der Waals surface area contributed by atoms with Crippen molar-refractivity contribution in [2.24, 2.45) is 5.73 Å². The van der Waals surface area contributed by atoms with Gasteiger partial charge in [-0.3, -0.25) is 9.10 Å². The van der Waals surface area contributed by atoms with Crippen molar-refractivity contribution < 1.29 is 13.4 Å². The Labute approximate surface area is 197 Å². The van der Waals surface area contributed by atoms with Crippen LogP contribution < -0.4 is 15.4 Å². The van der Waals surface area contributed by atoms with E-state index in [1.54, 1.807) is 13.3 Å². The largest absolute Gasteiger partial charge is 0.437 e. The summed E-state index contributed by atoms with van der Waals surface area (Å²) in [6.07, 6.45) is 6.62. The number of amides is 1. The Bertz CT molecular complexity index is 1170. The van der Waals surface area contributed by atoms with Crippen molar-refractivity contribution in [3.63, 3.8) is 0 Å². The number of hydrogen-bond donors (Lipinski definition) is 2. The third-order valence-corrected chi connectivity index (χ3v) is 7.06. The molecule has 0 aliphatic heterocycles. The summed E-state index contributed by atoms with van der Waals surface area (Å²) in [6, 6.07) is 9.92. The molecule has 8 heteroatoms. The number of nitrogens with zero attached hydrogens (tertiary/aromatic N) is 2. The van der Waals surface area contributed by atoms with Crippen LogP contribution in [0.2, 0.25) is 0 Å². The van der Waals surface area contributed by atoms with Crippen LogP contribution in [-0.4, -0.2) is 41.5 Å². The van der Waals surface area contributed by atoms with E-state index in [4.69, 9.17) is 15.1 Å². The predicted molar refractivity (Wildman–Crippen MR) is 134 cm³/mol. The first-order chi connectivity index (χ1) is 15.9. The molecule has 0 spiro atoms. The van der Waals surface area contributed by atoms with E-state index >= 15 is 0 Å². The van der Waals surface area contributed by atoms with Gasteiger partial charge in [0.05, 0.1) is 10.9 Å². The maximum atomic E-state index is 12.9. The van der Waals surface area contributed by atoms with E-state index in [9.17, 15) is 9.00 Å². The molecule has 1 aromatic carbocycles. The van der Waals surface area contributed by atoms with Gasteiger partial charge in [0, 0.05) is 25.4 Å². The van der Waals surface area contributed by atoms with Gasteiger partial charge in [0.2, 0.25) is 5.71 Å². The fraction of sp³-hybridized carbons (Fsp3) is 0.440. The van der Waals surface area contributed by atoms with E-state index in [2.05, 4.69) is 5.32 Å². The Morgan fingerprint density at radius 2 is 1.97 bits per heavy atom. The Hall–Kier alpha value is -2.71. The quantitative estimate of drug-likeness (QED) is 0.433. The molecule has 4 rings (SSSR count). The number of carbonyl (C=O) groups is 1. The molecule has 1 fully saturated rings. The molecule has 33 heavy (non-hydrogen) atoms. The molecule has 2 aromatic heterocycles. The van der Waals surface area contributed by atoms with Crippen LogP contribution >= 0.6 is 0 Å². The number of rotatable bonds is 10. The molecule has 0 radical (unpaired) electrons. The van der Waals surface area contributed by atoms with Gasteiger partial charge in [-0.05, 0) is 56.7 Å². The van der Waals surface area contributed by atoms with Crippen LogP contribution in [0.3, 0.4) is 0 Å². The minimum absolute atomic E-state index is 0.210. The van der Waals surface area contributed by atoms with Gasteiger partial charge in [-0.1, -0.05) is 36.2 Å². The number of nitrogens with one attached hydrogen (secondary N) is 1. The molecule has 7 nitrogen and oxygen atoms in total. The number of nitrogens with two attached hydrogens (primary N) is 1. The summed E-state index contributed by atoms with van der Waals surface area (Å²) in [4.78, 5) is 17.8. The van der Waals surface area contributed by atoms with Gasteiger partial charge in [0.1, 0.15) is 22.6 Å². The lowest BCUT2D eigenvalue weighted by Gasteiger charge is -2.23. The Balaban J connectivity index is 1.85. The van der Waals surface area contributed by atoms with Crippen LogP contribution in [0.4, 0.5) is 5.82 Å². The number of unbranched alkanes of at least 4 members (excludes halogenated alkanes) is 2. The number of carbonyl (C=O) groups excluding carboxylic acids is 1. The molecule has 176 valence electrons. The van der Waals surface area contributed by atoms with Crippen molar-refractivity contribution in [3.05, 3.63) is 47.0 Å². The summed E-state index contributed by atoms with van der Waals surface area (Å²) >= 11 is 0. The lowest BCUT2D eigenvalue weighted by atomic mass is 10.0. The molecular formula is C25H32N4O3S. The highest BCUT2D eigenvalue weighted by molar-refractivity contribution is 7.85. The molecule has 1 aliphatic carbocycles. The number of hydrogen-bond acceptors (Lipinski definition) is 5. The maximum Gasteiger partial charge on any atom is 0.255 e. The first-order valence-corrected chi connectivity index (χ1v) is 13.0. The van der Waals surface area contributed by atoms with Crippen molar-refractivity contribution >= 4 is 33.8 Å². The zero-order valence-electron chi connectivity index (χ0n) is 19.5. The fourth-order valence-corrected chi connectivity index (χ4v) is 4.89. The first-order valence-electron chi connectivity index (χ1n) is 11.5. The van der Waals surface area contributed by atoms with Gasteiger partial charge in [-0.2, -0.15) is 4.98 Å². The molecule has 1 aliphatic rings. The normalized spacial score (nSPS) is 14.4. The second-order valence-electron chi connectivity index (χ2n) is 8.65. The third-order valence-electron chi connectivity index (χ3n) is 6.09. The molecule has 2 heterocycles. The third kappa shape index (κ3) is 4.96. The highest BCUT2D eigenvalue weighted by atomic mass is 32.2. The molecule has 1 saturated carbocycles. The van der Waals surface area contributed by atoms with Crippen molar-refractivity contribution in [1.29, 1.82) is 0 Å². The highest BCUT2D eigenvalue weighted by Gasteiger charge is 2.32. The molecule has 1 atom stereocenters. The number of benzene rings is 1. The summed E-state index contributed by atoms with van der Waals surface area (Å²) in [5, 5.41) is 3.44. The van der Waals surface area contributed by atoms with Gasteiger partial charge < -0.3 is 15.5 Å². The van der Waals surface area contributed by atoms with Gasteiger partial charge in [-0.25, -0.2) is 4.21 Å². The molecule has 1 unspecified atom stereocenters. The van der Waals surface area contributed by atoms with E-state index in [-0.39, 0.29) is 5.91 Å². The second kappa shape index (κ2) is 10.1. The first kappa shape index (κ1) is 23.4. The van der Waals surface area contributed by atoms with Crippen molar-refractivity contribution in [2.75, 3.05) is 30.7 Å².